The van der Waals surface area contributed by atoms with Crippen LogP contribution < -0.4 is 5.32 Å². The van der Waals surface area contributed by atoms with Crippen LogP contribution in [0.3, 0.4) is 0 Å². The molecule has 3 aliphatic rings. The van der Waals surface area contributed by atoms with Gasteiger partial charge in [0, 0.05) is 39.3 Å². The predicted octanol–water partition coefficient (Wildman–Crippen LogP) is 8.28. The van der Waals surface area contributed by atoms with Crippen molar-refractivity contribution in [3.05, 3.63) is 148 Å². The molecule has 0 heterocycles. The normalized spacial score (nSPS) is 17.5. The molecule has 4 aromatic rings. The van der Waals surface area contributed by atoms with E-state index in [0.717, 1.165) is 28.7 Å². The van der Waals surface area contributed by atoms with Gasteiger partial charge in [0.2, 0.25) is 0 Å². The van der Waals surface area contributed by atoms with E-state index in [4.69, 9.17) is 5.11 Å². The molecule has 0 aliphatic heterocycles. The molecule has 6 nitrogen and oxygen atoms in total. The minimum Gasteiger partial charge on any atom is -0.478 e. The molecule has 3 N–H and O–H groups in total. The zero-order valence-electron chi connectivity index (χ0n) is 27.5. The largest absolute Gasteiger partial charge is 0.478 e. The molecule has 242 valence electrons. The summed E-state index contributed by atoms with van der Waals surface area (Å²) in [5.41, 5.74) is 7.79. The van der Waals surface area contributed by atoms with E-state index in [2.05, 4.69) is 61.9 Å². The summed E-state index contributed by atoms with van der Waals surface area (Å²) >= 11 is 0. The lowest BCUT2D eigenvalue weighted by atomic mass is 9.63. The van der Waals surface area contributed by atoms with Crippen molar-refractivity contribution in [2.24, 2.45) is 23.7 Å². The average molecular weight is 646 g/mol. The Hall–Kier alpha value is -6.11. The minimum atomic E-state index is -0.991. The number of carboxylic acid groups (broad SMARTS) is 2. The molecule has 0 aromatic heterocycles. The van der Waals surface area contributed by atoms with Gasteiger partial charge in [0.05, 0.1) is 16.8 Å². The van der Waals surface area contributed by atoms with Crippen molar-refractivity contribution in [1.29, 1.82) is 0 Å². The molecule has 6 heteroatoms. The Bertz CT molecular complexity index is 2130. The number of fused-ring (bicyclic) bond motifs is 1. The van der Waals surface area contributed by atoms with Gasteiger partial charge in [-0.15, -0.1) is 0 Å². The number of carboxylic acids is 2. The van der Waals surface area contributed by atoms with Crippen LogP contribution in [0.4, 0.5) is 5.69 Å². The van der Waals surface area contributed by atoms with Crippen LogP contribution in [-0.2, 0) is 4.79 Å². The first kappa shape index (κ1) is 32.8. The summed E-state index contributed by atoms with van der Waals surface area (Å²) in [7, 11) is 0. The van der Waals surface area contributed by atoms with E-state index in [0.29, 0.717) is 34.2 Å². The number of allylic oxidation sites excluding steroid dienone is 3. The summed E-state index contributed by atoms with van der Waals surface area (Å²) in [5, 5.41) is 21.6. The van der Waals surface area contributed by atoms with Crippen LogP contribution in [0.1, 0.15) is 70.2 Å². The second-order valence-electron chi connectivity index (χ2n) is 12.9. The summed E-state index contributed by atoms with van der Waals surface area (Å²) in [4.78, 5) is 36.3. The standard InChI is InChI=1S/C43H35NO5/c1-26(2)37-24-35-25-39(38(37)22-27(35)3)41(45)44-40-23-31(7-6-30-12-19-34(20-13-30)43(48)49)14-21-36(40)32-15-8-28(9-16-32)4-5-29-10-17-33(18-11-29)42(46)47/h8-23,25-26,35,37-38H,24H2,1-3H3,(H,44,45)(H,46,47)(H,48,49)/t35-,37?,38?/m0/s1. The van der Waals surface area contributed by atoms with E-state index in [1.54, 1.807) is 24.3 Å². The number of hydrogen-bond donors (Lipinski definition) is 3. The van der Waals surface area contributed by atoms with Gasteiger partial charge in [-0.3, -0.25) is 4.79 Å². The maximum Gasteiger partial charge on any atom is 0.335 e. The third-order valence-electron chi connectivity index (χ3n) is 9.30. The van der Waals surface area contributed by atoms with Crippen molar-refractivity contribution in [2.75, 3.05) is 5.32 Å². The van der Waals surface area contributed by atoms with Gasteiger partial charge in [-0.25, -0.2) is 9.59 Å². The van der Waals surface area contributed by atoms with Gasteiger partial charge in [-0.05, 0) is 109 Å². The number of amides is 1. The topological polar surface area (TPSA) is 104 Å². The highest BCUT2D eigenvalue weighted by Gasteiger charge is 2.39. The van der Waals surface area contributed by atoms with Crippen LogP contribution in [0.25, 0.3) is 11.1 Å². The molecule has 1 amide bonds. The zero-order valence-corrected chi connectivity index (χ0v) is 27.5. The summed E-state index contributed by atoms with van der Waals surface area (Å²) in [6.45, 7) is 6.60. The lowest BCUT2D eigenvalue weighted by molar-refractivity contribution is -0.113. The van der Waals surface area contributed by atoms with Gasteiger partial charge in [-0.1, -0.05) is 73.5 Å². The van der Waals surface area contributed by atoms with E-state index >= 15 is 0 Å². The first-order valence-electron chi connectivity index (χ1n) is 16.2. The third-order valence-corrected chi connectivity index (χ3v) is 9.30. The van der Waals surface area contributed by atoms with Crippen molar-refractivity contribution in [3.63, 3.8) is 0 Å². The number of hydrogen-bond acceptors (Lipinski definition) is 3. The molecule has 3 aliphatic carbocycles. The molecular weight excluding hydrogens is 610 g/mol. The van der Waals surface area contributed by atoms with Gasteiger partial charge < -0.3 is 15.5 Å². The minimum absolute atomic E-state index is 0.0726. The van der Waals surface area contributed by atoms with Crippen LogP contribution in [-0.4, -0.2) is 28.1 Å². The molecule has 2 bridgehead atoms. The lowest BCUT2D eigenvalue weighted by Crippen LogP contribution is -2.36. The van der Waals surface area contributed by atoms with Crippen LogP contribution in [0, 0.1) is 47.4 Å². The first-order valence-corrected chi connectivity index (χ1v) is 16.2. The summed E-state index contributed by atoms with van der Waals surface area (Å²) in [6.07, 6.45) is 5.47. The number of anilines is 1. The predicted molar refractivity (Wildman–Crippen MR) is 191 cm³/mol. The molecule has 0 spiro atoms. The molecule has 0 saturated carbocycles. The van der Waals surface area contributed by atoms with Crippen LogP contribution in [0.2, 0.25) is 0 Å². The first-order chi connectivity index (χ1) is 23.5. The SMILES string of the molecule is CC1=CC2C(C(=O)Nc3cc(C#Cc4ccc(C(=O)O)cc4)ccc3-c3ccc(C#Cc4ccc(C(=O)O)cc4)cc3)=C[C@@H]1CC2C(C)C. The van der Waals surface area contributed by atoms with Gasteiger partial charge in [0.25, 0.3) is 5.91 Å². The zero-order chi connectivity index (χ0) is 34.7. The van der Waals surface area contributed by atoms with Crippen LogP contribution in [0.5, 0.6) is 0 Å². The quantitative estimate of drug-likeness (QED) is 0.145. The molecule has 0 saturated heterocycles. The molecular formula is C43H35NO5. The monoisotopic (exact) mass is 645 g/mol. The molecule has 2 unspecified atom stereocenters. The van der Waals surface area contributed by atoms with E-state index in [1.165, 1.54) is 29.8 Å². The number of nitrogens with one attached hydrogen (secondary N) is 1. The molecule has 3 atom stereocenters. The van der Waals surface area contributed by atoms with Crippen molar-refractivity contribution in [1.82, 2.24) is 0 Å². The molecule has 0 fully saturated rings. The molecule has 4 aromatic carbocycles. The smallest absolute Gasteiger partial charge is 0.335 e. The Kier molecular flexibility index (Phi) is 9.33. The molecule has 0 radical (unpaired) electrons. The fraction of sp³-hybridized carbons (Fsp3) is 0.186. The highest BCUT2D eigenvalue weighted by atomic mass is 16.4. The van der Waals surface area contributed by atoms with E-state index in [9.17, 15) is 19.5 Å². The van der Waals surface area contributed by atoms with Crippen LogP contribution in [0.15, 0.2) is 114 Å². The highest BCUT2D eigenvalue weighted by Crippen LogP contribution is 2.47. The Labute approximate surface area is 286 Å². The van der Waals surface area contributed by atoms with E-state index < -0.39 is 11.9 Å². The van der Waals surface area contributed by atoms with Crippen molar-refractivity contribution in [3.8, 4) is 34.8 Å². The van der Waals surface area contributed by atoms with Crippen molar-refractivity contribution in [2.45, 2.75) is 27.2 Å². The molecule has 49 heavy (non-hydrogen) atoms. The number of benzene rings is 4. The lowest BCUT2D eigenvalue weighted by Gasteiger charge is -2.41. The summed E-state index contributed by atoms with van der Waals surface area (Å²) < 4.78 is 0. The fourth-order valence-corrected chi connectivity index (χ4v) is 6.50. The highest BCUT2D eigenvalue weighted by molar-refractivity contribution is 6.07. The van der Waals surface area contributed by atoms with Crippen molar-refractivity contribution < 1.29 is 24.6 Å². The van der Waals surface area contributed by atoms with Gasteiger partial charge in [0.15, 0.2) is 0 Å². The van der Waals surface area contributed by atoms with Gasteiger partial charge >= 0.3 is 11.9 Å². The summed E-state index contributed by atoms with van der Waals surface area (Å²) in [6, 6.07) is 26.3. The number of rotatable bonds is 6. The average Bonchev–Trinajstić information content (AvgIpc) is 3.10. The van der Waals surface area contributed by atoms with Gasteiger partial charge in [-0.2, -0.15) is 0 Å². The third kappa shape index (κ3) is 7.40. The Balaban J connectivity index is 1.30. The number of carbonyl (C=O) groups is 3. The maximum absolute atomic E-state index is 14.0. The van der Waals surface area contributed by atoms with Crippen molar-refractivity contribution >= 4 is 23.5 Å². The Morgan fingerprint density at radius 1 is 0.694 bits per heavy atom. The van der Waals surface area contributed by atoms with E-state index in [-0.39, 0.29) is 28.9 Å². The Morgan fingerprint density at radius 3 is 1.67 bits per heavy atom. The Morgan fingerprint density at radius 2 is 1.18 bits per heavy atom. The fourth-order valence-electron chi connectivity index (χ4n) is 6.50. The van der Waals surface area contributed by atoms with Gasteiger partial charge in [0.1, 0.15) is 0 Å². The maximum atomic E-state index is 14.0. The number of aromatic carboxylic acids is 2. The number of carbonyl (C=O) groups excluding carboxylic acids is 1. The second kappa shape index (κ2) is 13.9. The van der Waals surface area contributed by atoms with E-state index in [1.807, 2.05) is 42.5 Å². The second-order valence-corrected chi connectivity index (χ2v) is 12.9. The summed E-state index contributed by atoms with van der Waals surface area (Å²) in [5.74, 6) is 11.6. The molecule has 7 rings (SSSR count). The van der Waals surface area contributed by atoms with Crippen LogP contribution >= 0.6 is 0 Å².